The number of amides is 1. The highest BCUT2D eigenvalue weighted by molar-refractivity contribution is 7.92. The van der Waals surface area contributed by atoms with Crippen molar-refractivity contribution in [2.75, 3.05) is 12.3 Å². The highest BCUT2D eigenvalue weighted by Gasteiger charge is 2.22. The van der Waals surface area contributed by atoms with Gasteiger partial charge in [-0.25, -0.2) is 13.2 Å². The standard InChI is InChI=1S/C14H19NO5S/c1-3-4-7-15-13(16)9-21(19,20)12-8-11(14(17)18)6-5-10(12)2/h5-6,8H,3-4,7,9H2,1-2H3,(H,15,16)(H,17,18). The number of aryl methyl sites for hydroxylation is 1. The molecular formula is C14H19NO5S. The highest BCUT2D eigenvalue weighted by Crippen LogP contribution is 2.18. The van der Waals surface area contributed by atoms with E-state index in [1.165, 1.54) is 12.1 Å². The Morgan fingerprint density at radius 2 is 1.95 bits per heavy atom. The van der Waals surface area contributed by atoms with Crippen molar-refractivity contribution in [1.29, 1.82) is 0 Å². The first-order valence-electron chi connectivity index (χ1n) is 6.61. The fraction of sp³-hybridized carbons (Fsp3) is 0.429. The fourth-order valence-electron chi connectivity index (χ4n) is 1.77. The van der Waals surface area contributed by atoms with Crippen molar-refractivity contribution in [3.05, 3.63) is 29.3 Å². The number of sulfone groups is 1. The molecule has 2 N–H and O–H groups in total. The number of hydrogen-bond acceptors (Lipinski definition) is 4. The number of carbonyl (C=O) groups is 2. The Labute approximate surface area is 124 Å². The molecule has 0 aliphatic rings. The first kappa shape index (κ1) is 17.2. The predicted molar refractivity (Wildman–Crippen MR) is 78.1 cm³/mol. The fourth-order valence-corrected chi connectivity index (χ4v) is 3.24. The molecule has 7 heteroatoms. The second-order valence-corrected chi connectivity index (χ2v) is 6.71. The van der Waals surface area contributed by atoms with E-state index in [0.717, 1.165) is 18.9 Å². The van der Waals surface area contributed by atoms with E-state index < -0.39 is 27.5 Å². The van der Waals surface area contributed by atoms with E-state index >= 15 is 0 Å². The van der Waals surface area contributed by atoms with Crippen molar-refractivity contribution in [2.45, 2.75) is 31.6 Å². The van der Waals surface area contributed by atoms with E-state index in [1.807, 2.05) is 6.92 Å². The molecule has 0 spiro atoms. The zero-order valence-electron chi connectivity index (χ0n) is 12.0. The third-order valence-corrected chi connectivity index (χ3v) is 4.70. The number of hydrogen-bond donors (Lipinski definition) is 2. The molecule has 1 rings (SSSR count). The highest BCUT2D eigenvalue weighted by atomic mass is 32.2. The Balaban J connectivity index is 2.95. The second kappa shape index (κ2) is 7.21. The van der Waals surface area contributed by atoms with Crippen LogP contribution >= 0.6 is 0 Å². The van der Waals surface area contributed by atoms with Crippen LogP contribution in [0.25, 0.3) is 0 Å². The normalized spacial score (nSPS) is 11.1. The zero-order valence-corrected chi connectivity index (χ0v) is 12.9. The molecule has 6 nitrogen and oxygen atoms in total. The van der Waals surface area contributed by atoms with Crippen molar-refractivity contribution in [1.82, 2.24) is 5.32 Å². The minimum atomic E-state index is -3.86. The van der Waals surface area contributed by atoms with E-state index in [1.54, 1.807) is 6.92 Å². The Hall–Kier alpha value is -1.89. The van der Waals surface area contributed by atoms with Crippen LogP contribution < -0.4 is 5.32 Å². The van der Waals surface area contributed by atoms with E-state index in [4.69, 9.17) is 5.11 Å². The lowest BCUT2D eigenvalue weighted by Gasteiger charge is -2.09. The lowest BCUT2D eigenvalue weighted by Crippen LogP contribution is -2.31. The number of aromatic carboxylic acids is 1. The van der Waals surface area contributed by atoms with Gasteiger partial charge >= 0.3 is 5.97 Å². The molecule has 116 valence electrons. The molecular weight excluding hydrogens is 294 g/mol. The van der Waals surface area contributed by atoms with Crippen LogP contribution in [0.15, 0.2) is 23.1 Å². The monoisotopic (exact) mass is 313 g/mol. The van der Waals surface area contributed by atoms with Gasteiger partial charge < -0.3 is 10.4 Å². The molecule has 0 saturated carbocycles. The maximum absolute atomic E-state index is 12.2. The first-order chi connectivity index (χ1) is 9.77. The van der Waals surface area contributed by atoms with Gasteiger partial charge in [0.15, 0.2) is 9.84 Å². The number of benzene rings is 1. The van der Waals surface area contributed by atoms with Gasteiger partial charge in [-0.3, -0.25) is 4.79 Å². The molecule has 0 fully saturated rings. The van der Waals surface area contributed by atoms with Gasteiger partial charge in [-0.2, -0.15) is 0 Å². The summed E-state index contributed by atoms with van der Waals surface area (Å²) in [5.41, 5.74) is 0.298. The number of carboxylic acid groups (broad SMARTS) is 1. The van der Waals surface area contributed by atoms with Crippen molar-refractivity contribution in [2.24, 2.45) is 0 Å². The van der Waals surface area contributed by atoms with Crippen LogP contribution in [0.2, 0.25) is 0 Å². The third kappa shape index (κ3) is 4.86. The van der Waals surface area contributed by atoms with Crippen molar-refractivity contribution in [3.8, 4) is 0 Å². The van der Waals surface area contributed by atoms with Crippen LogP contribution in [-0.2, 0) is 14.6 Å². The van der Waals surface area contributed by atoms with E-state index in [2.05, 4.69) is 5.32 Å². The van der Waals surface area contributed by atoms with E-state index in [9.17, 15) is 18.0 Å². The zero-order chi connectivity index (χ0) is 16.0. The molecule has 0 heterocycles. The number of carboxylic acids is 1. The van der Waals surface area contributed by atoms with Crippen LogP contribution in [0.1, 0.15) is 35.7 Å². The van der Waals surface area contributed by atoms with Crippen molar-refractivity contribution in [3.63, 3.8) is 0 Å². The molecule has 1 aromatic rings. The van der Waals surface area contributed by atoms with Crippen LogP contribution in [-0.4, -0.2) is 37.7 Å². The Bertz CT molecular complexity index is 637. The van der Waals surface area contributed by atoms with E-state index in [0.29, 0.717) is 12.1 Å². The smallest absolute Gasteiger partial charge is 0.335 e. The number of nitrogens with one attached hydrogen (secondary N) is 1. The molecule has 21 heavy (non-hydrogen) atoms. The van der Waals surface area contributed by atoms with Gasteiger partial charge in [0.25, 0.3) is 0 Å². The van der Waals surface area contributed by atoms with Gasteiger partial charge in [-0.05, 0) is 31.0 Å². The van der Waals surface area contributed by atoms with Gasteiger partial charge in [0.2, 0.25) is 5.91 Å². The largest absolute Gasteiger partial charge is 0.478 e. The van der Waals surface area contributed by atoms with Crippen LogP contribution in [0.5, 0.6) is 0 Å². The molecule has 0 aliphatic heterocycles. The van der Waals surface area contributed by atoms with Crippen LogP contribution in [0, 0.1) is 6.92 Å². The summed E-state index contributed by atoms with van der Waals surface area (Å²) in [6, 6.07) is 3.84. The Morgan fingerprint density at radius 1 is 1.29 bits per heavy atom. The summed E-state index contributed by atoms with van der Waals surface area (Å²) in [4.78, 5) is 22.4. The number of carbonyl (C=O) groups excluding carboxylic acids is 1. The molecule has 1 amide bonds. The van der Waals surface area contributed by atoms with Crippen LogP contribution in [0.3, 0.4) is 0 Å². The topological polar surface area (TPSA) is 101 Å². The summed E-state index contributed by atoms with van der Waals surface area (Å²) in [5.74, 6) is -2.47. The average Bonchev–Trinajstić information content (AvgIpc) is 2.38. The molecule has 0 atom stereocenters. The molecule has 1 aromatic carbocycles. The molecule has 0 saturated heterocycles. The summed E-state index contributed by atoms with van der Waals surface area (Å²) in [6.45, 7) is 3.95. The van der Waals surface area contributed by atoms with Crippen molar-refractivity contribution < 1.29 is 23.1 Å². The summed E-state index contributed by atoms with van der Waals surface area (Å²) in [7, 11) is -3.86. The Morgan fingerprint density at radius 3 is 2.52 bits per heavy atom. The molecule has 0 aromatic heterocycles. The maximum Gasteiger partial charge on any atom is 0.335 e. The summed E-state index contributed by atoms with van der Waals surface area (Å²) in [5, 5.41) is 11.4. The average molecular weight is 313 g/mol. The molecule has 0 radical (unpaired) electrons. The molecule has 0 unspecified atom stereocenters. The molecule has 0 bridgehead atoms. The van der Waals surface area contributed by atoms with Gasteiger partial charge in [0.1, 0.15) is 5.75 Å². The predicted octanol–water partition coefficient (Wildman–Crippen LogP) is 1.38. The summed E-state index contributed by atoms with van der Waals surface area (Å²) < 4.78 is 24.4. The van der Waals surface area contributed by atoms with E-state index in [-0.39, 0.29) is 10.5 Å². The third-order valence-electron chi connectivity index (χ3n) is 2.94. The van der Waals surface area contributed by atoms with Gasteiger partial charge in [0.05, 0.1) is 10.5 Å². The van der Waals surface area contributed by atoms with Crippen LogP contribution in [0.4, 0.5) is 0 Å². The summed E-state index contributed by atoms with van der Waals surface area (Å²) >= 11 is 0. The number of rotatable bonds is 7. The lowest BCUT2D eigenvalue weighted by atomic mass is 10.1. The van der Waals surface area contributed by atoms with Gasteiger partial charge in [-0.15, -0.1) is 0 Å². The second-order valence-electron chi connectivity index (χ2n) is 4.75. The van der Waals surface area contributed by atoms with Gasteiger partial charge in [-0.1, -0.05) is 19.4 Å². The minimum Gasteiger partial charge on any atom is -0.478 e. The quantitative estimate of drug-likeness (QED) is 0.741. The lowest BCUT2D eigenvalue weighted by molar-refractivity contribution is -0.118. The maximum atomic E-state index is 12.2. The molecule has 0 aliphatic carbocycles. The Kier molecular flexibility index (Phi) is 5.90. The summed E-state index contributed by atoms with van der Waals surface area (Å²) in [6.07, 6.45) is 1.67. The minimum absolute atomic E-state index is 0.118. The SMILES string of the molecule is CCCCNC(=O)CS(=O)(=O)c1cc(C(=O)O)ccc1C. The first-order valence-corrected chi connectivity index (χ1v) is 8.26. The van der Waals surface area contributed by atoms with Crippen molar-refractivity contribution >= 4 is 21.7 Å². The number of unbranched alkanes of at least 4 members (excludes halogenated alkanes) is 1. The van der Waals surface area contributed by atoms with Gasteiger partial charge in [0, 0.05) is 6.54 Å².